The summed E-state index contributed by atoms with van der Waals surface area (Å²) in [5.41, 5.74) is 3.71. The molecule has 0 unspecified atom stereocenters. The summed E-state index contributed by atoms with van der Waals surface area (Å²) in [6.45, 7) is 0. The summed E-state index contributed by atoms with van der Waals surface area (Å²) >= 11 is 5.84. The fourth-order valence-electron chi connectivity index (χ4n) is 2.02. The number of hydrogen-bond acceptors (Lipinski definition) is 4. The monoisotopic (exact) mass is 359 g/mol. The third-order valence-electron chi connectivity index (χ3n) is 3.22. The first kappa shape index (κ1) is 18.5. The maximum Gasteiger partial charge on any atom is 0.240 e. The number of carbonyl (C=O) groups excluding carboxylic acids is 2. The van der Waals surface area contributed by atoms with Crippen molar-refractivity contribution in [3.05, 3.63) is 59.1 Å². The first-order valence-corrected chi connectivity index (χ1v) is 7.96. The SMILES string of the molecule is COc1ccccc1/C=N\NC(=O)CCC(=O)Nc1cccc(Cl)c1. The Bertz CT molecular complexity index is 778. The highest BCUT2D eigenvalue weighted by Gasteiger charge is 2.07. The Balaban J connectivity index is 1.76. The average molecular weight is 360 g/mol. The summed E-state index contributed by atoms with van der Waals surface area (Å²) in [5.74, 6) is 0.0277. The number of methoxy groups -OCH3 is 1. The zero-order valence-corrected chi connectivity index (χ0v) is 14.4. The lowest BCUT2D eigenvalue weighted by Crippen LogP contribution is -2.20. The maximum atomic E-state index is 11.8. The molecule has 0 bridgehead atoms. The fourth-order valence-corrected chi connectivity index (χ4v) is 2.21. The van der Waals surface area contributed by atoms with Crippen LogP contribution in [0, 0.1) is 0 Å². The largest absolute Gasteiger partial charge is 0.496 e. The van der Waals surface area contributed by atoms with Crippen LogP contribution in [-0.4, -0.2) is 25.1 Å². The molecule has 0 saturated carbocycles. The zero-order chi connectivity index (χ0) is 18.1. The lowest BCUT2D eigenvalue weighted by Gasteiger charge is -2.05. The molecule has 6 nitrogen and oxygen atoms in total. The molecule has 0 saturated heterocycles. The van der Waals surface area contributed by atoms with E-state index >= 15 is 0 Å². The standard InChI is InChI=1S/C18H18ClN3O3/c1-25-16-8-3-2-5-13(16)12-20-22-18(24)10-9-17(23)21-15-7-4-6-14(19)11-15/h2-8,11-12H,9-10H2,1H3,(H,21,23)(H,22,24)/b20-12-. The summed E-state index contributed by atoms with van der Waals surface area (Å²) in [7, 11) is 1.56. The van der Waals surface area contributed by atoms with E-state index in [4.69, 9.17) is 16.3 Å². The van der Waals surface area contributed by atoms with Gasteiger partial charge in [-0.05, 0) is 30.3 Å². The number of benzene rings is 2. The van der Waals surface area contributed by atoms with E-state index in [1.165, 1.54) is 6.21 Å². The molecule has 0 heterocycles. The molecule has 0 aliphatic rings. The summed E-state index contributed by atoms with van der Waals surface area (Å²) in [6.07, 6.45) is 1.56. The minimum Gasteiger partial charge on any atom is -0.496 e. The van der Waals surface area contributed by atoms with Gasteiger partial charge in [-0.3, -0.25) is 9.59 Å². The first-order chi connectivity index (χ1) is 12.1. The number of ether oxygens (including phenoxy) is 1. The van der Waals surface area contributed by atoms with Gasteiger partial charge in [0.25, 0.3) is 0 Å². The summed E-state index contributed by atoms with van der Waals surface area (Å²) < 4.78 is 5.18. The second-order valence-corrected chi connectivity index (χ2v) is 5.53. The van der Waals surface area contributed by atoms with Crippen molar-refractivity contribution in [3.8, 4) is 5.75 Å². The Morgan fingerprint density at radius 2 is 1.88 bits per heavy atom. The van der Waals surface area contributed by atoms with E-state index < -0.39 is 0 Å². The van der Waals surface area contributed by atoms with Crippen molar-refractivity contribution in [1.29, 1.82) is 0 Å². The van der Waals surface area contributed by atoms with Crippen molar-refractivity contribution >= 4 is 35.3 Å². The summed E-state index contributed by atoms with van der Waals surface area (Å²) in [6, 6.07) is 14.1. The van der Waals surface area contributed by atoms with Gasteiger partial charge in [0.1, 0.15) is 5.75 Å². The van der Waals surface area contributed by atoms with Crippen LogP contribution in [0.25, 0.3) is 0 Å². The van der Waals surface area contributed by atoms with E-state index in [9.17, 15) is 9.59 Å². The number of anilines is 1. The van der Waals surface area contributed by atoms with Crippen molar-refractivity contribution in [3.63, 3.8) is 0 Å². The highest BCUT2D eigenvalue weighted by Crippen LogP contribution is 2.15. The first-order valence-electron chi connectivity index (χ1n) is 7.59. The van der Waals surface area contributed by atoms with Crippen LogP contribution >= 0.6 is 11.6 Å². The van der Waals surface area contributed by atoms with Crippen LogP contribution < -0.4 is 15.5 Å². The van der Waals surface area contributed by atoms with Gasteiger partial charge in [-0.1, -0.05) is 29.8 Å². The van der Waals surface area contributed by atoms with Gasteiger partial charge < -0.3 is 10.1 Å². The second kappa shape index (κ2) is 9.44. The molecule has 0 atom stereocenters. The van der Waals surface area contributed by atoms with E-state index in [1.54, 1.807) is 37.4 Å². The Labute approximate surface area is 150 Å². The normalized spacial score (nSPS) is 10.5. The lowest BCUT2D eigenvalue weighted by atomic mass is 10.2. The van der Waals surface area contributed by atoms with Gasteiger partial charge in [-0.15, -0.1) is 0 Å². The molecule has 2 rings (SSSR count). The molecule has 0 aliphatic heterocycles. The molecule has 130 valence electrons. The van der Waals surface area contributed by atoms with Gasteiger partial charge in [0, 0.05) is 29.1 Å². The molecular weight excluding hydrogens is 342 g/mol. The van der Waals surface area contributed by atoms with Gasteiger partial charge in [0.05, 0.1) is 13.3 Å². The van der Waals surface area contributed by atoms with Crippen molar-refractivity contribution in [1.82, 2.24) is 5.43 Å². The molecule has 2 aromatic rings. The van der Waals surface area contributed by atoms with Gasteiger partial charge >= 0.3 is 0 Å². The van der Waals surface area contributed by atoms with Gasteiger partial charge in [0.2, 0.25) is 11.8 Å². The Hall–Kier alpha value is -2.86. The molecule has 25 heavy (non-hydrogen) atoms. The molecule has 2 amide bonds. The summed E-state index contributed by atoms with van der Waals surface area (Å²) in [4.78, 5) is 23.6. The number of rotatable bonds is 7. The van der Waals surface area contributed by atoms with Crippen molar-refractivity contribution in [2.75, 3.05) is 12.4 Å². The van der Waals surface area contributed by atoms with Gasteiger partial charge in [0.15, 0.2) is 0 Å². The fraction of sp³-hybridized carbons (Fsp3) is 0.167. The highest BCUT2D eigenvalue weighted by molar-refractivity contribution is 6.30. The summed E-state index contributed by atoms with van der Waals surface area (Å²) in [5, 5.41) is 7.08. The molecule has 2 aromatic carbocycles. The zero-order valence-electron chi connectivity index (χ0n) is 13.7. The third-order valence-corrected chi connectivity index (χ3v) is 3.45. The Morgan fingerprint density at radius 3 is 2.64 bits per heavy atom. The van der Waals surface area contributed by atoms with Crippen molar-refractivity contribution in [2.45, 2.75) is 12.8 Å². The molecule has 2 N–H and O–H groups in total. The third kappa shape index (κ3) is 6.27. The van der Waals surface area contributed by atoms with Gasteiger partial charge in [-0.2, -0.15) is 5.10 Å². The van der Waals surface area contributed by atoms with E-state index in [2.05, 4.69) is 15.8 Å². The van der Waals surface area contributed by atoms with E-state index in [0.29, 0.717) is 16.5 Å². The number of hydrazone groups is 1. The number of nitrogens with zero attached hydrogens (tertiary/aromatic N) is 1. The number of nitrogens with one attached hydrogen (secondary N) is 2. The van der Waals surface area contributed by atoms with Crippen molar-refractivity contribution in [2.24, 2.45) is 5.10 Å². The predicted octanol–water partition coefficient (Wildman–Crippen LogP) is 3.22. The molecule has 0 aliphatic carbocycles. The molecule has 0 spiro atoms. The smallest absolute Gasteiger partial charge is 0.240 e. The quantitative estimate of drug-likeness (QED) is 0.588. The number of para-hydroxylation sites is 1. The van der Waals surface area contributed by atoms with Gasteiger partial charge in [-0.25, -0.2) is 5.43 Å². The Kier molecular flexibility index (Phi) is 6.98. The molecule has 0 aromatic heterocycles. The van der Waals surface area contributed by atoms with Crippen LogP contribution in [-0.2, 0) is 9.59 Å². The molecule has 7 heteroatoms. The minimum atomic E-state index is -0.354. The number of carbonyl (C=O) groups is 2. The van der Waals surface area contributed by atoms with Crippen molar-refractivity contribution < 1.29 is 14.3 Å². The topological polar surface area (TPSA) is 79.8 Å². The average Bonchev–Trinajstić information content (AvgIpc) is 2.60. The molecular formula is C18H18ClN3O3. The lowest BCUT2D eigenvalue weighted by molar-refractivity contribution is -0.124. The maximum absolute atomic E-state index is 11.8. The number of hydrogen-bond donors (Lipinski definition) is 2. The minimum absolute atomic E-state index is 0.0235. The van der Waals surface area contributed by atoms with Crippen LogP contribution in [0.3, 0.4) is 0 Å². The highest BCUT2D eigenvalue weighted by atomic mass is 35.5. The van der Waals surface area contributed by atoms with E-state index in [1.807, 2.05) is 18.2 Å². The van der Waals surface area contributed by atoms with Crippen LogP contribution in [0.2, 0.25) is 5.02 Å². The van der Waals surface area contributed by atoms with Crippen LogP contribution in [0.4, 0.5) is 5.69 Å². The van der Waals surface area contributed by atoms with Crippen LogP contribution in [0.15, 0.2) is 53.6 Å². The Morgan fingerprint density at radius 1 is 1.12 bits per heavy atom. The second-order valence-electron chi connectivity index (χ2n) is 5.09. The number of halogens is 1. The van der Waals surface area contributed by atoms with E-state index in [-0.39, 0.29) is 24.7 Å². The molecule has 0 fully saturated rings. The molecule has 0 radical (unpaired) electrons. The number of amides is 2. The predicted molar refractivity (Wildman–Crippen MR) is 98.0 cm³/mol. The van der Waals surface area contributed by atoms with E-state index in [0.717, 1.165) is 5.56 Å². The van der Waals surface area contributed by atoms with Crippen LogP contribution in [0.1, 0.15) is 18.4 Å². The van der Waals surface area contributed by atoms with Crippen LogP contribution in [0.5, 0.6) is 5.75 Å².